The second-order valence-corrected chi connectivity index (χ2v) is 6.46. The topological polar surface area (TPSA) is 202 Å². The first-order valence-corrected chi connectivity index (χ1v) is 8.70. The Morgan fingerprint density at radius 2 is 1.87 bits per heavy atom. The summed E-state index contributed by atoms with van der Waals surface area (Å²) in [7, 11) is 0. The van der Waals surface area contributed by atoms with Crippen molar-refractivity contribution in [2.75, 3.05) is 0 Å². The van der Waals surface area contributed by atoms with E-state index in [4.69, 9.17) is 0 Å². The number of hydrogen-bond donors (Lipinski definition) is 6. The van der Waals surface area contributed by atoms with E-state index < -0.39 is 40.6 Å². The molecule has 0 amide bonds. The Balaban J connectivity index is 2.08. The van der Waals surface area contributed by atoms with E-state index in [-0.39, 0.29) is 33.9 Å². The largest absolute Gasteiger partial charge is 0.505 e. The van der Waals surface area contributed by atoms with Gasteiger partial charge in [-0.3, -0.25) is 4.99 Å². The number of carboxylic acids is 3. The van der Waals surface area contributed by atoms with Gasteiger partial charge in [0.05, 0.1) is 22.9 Å². The van der Waals surface area contributed by atoms with Crippen LogP contribution in [0.1, 0.15) is 37.0 Å². The fourth-order valence-electron chi connectivity index (χ4n) is 3.19. The van der Waals surface area contributed by atoms with E-state index in [9.17, 15) is 34.8 Å². The molecule has 12 nitrogen and oxygen atoms in total. The number of pyridine rings is 1. The number of phenolic OH excluding ortho intramolecular Hbond substituents is 1. The average Bonchev–Trinajstić information content (AvgIpc) is 3.39. The SMILES string of the molecule is O=C(O)c1cc2c(O)c(N=CCc3cnc[nH]3)c3[nH]c(C(=O)O)cc(C(=O)O)c3c2n1. The molecule has 0 spiro atoms. The minimum Gasteiger partial charge on any atom is -0.505 e. The highest BCUT2D eigenvalue weighted by atomic mass is 16.4. The third-order valence-electron chi connectivity index (χ3n) is 4.56. The van der Waals surface area contributed by atoms with Gasteiger partial charge in [0, 0.05) is 35.3 Å². The first kappa shape index (κ1) is 19.6. The number of nitrogens with zero attached hydrogens (tertiary/aromatic N) is 3. The number of aliphatic imine (C=N–C) groups is 1. The number of phenols is 1. The molecule has 3 aromatic heterocycles. The van der Waals surface area contributed by atoms with E-state index in [1.165, 1.54) is 12.5 Å². The Labute approximate surface area is 171 Å². The van der Waals surface area contributed by atoms with Crippen LogP contribution in [0.15, 0.2) is 29.6 Å². The lowest BCUT2D eigenvalue weighted by Gasteiger charge is -2.11. The molecule has 0 radical (unpaired) electrons. The summed E-state index contributed by atoms with van der Waals surface area (Å²) in [5, 5.41) is 39.0. The molecule has 0 aliphatic rings. The van der Waals surface area contributed by atoms with Gasteiger partial charge in [-0.2, -0.15) is 0 Å². The lowest BCUT2D eigenvalue weighted by Crippen LogP contribution is -2.07. The van der Waals surface area contributed by atoms with E-state index in [0.29, 0.717) is 5.69 Å². The number of benzene rings is 1. The maximum absolute atomic E-state index is 11.9. The monoisotopic (exact) mass is 423 g/mol. The zero-order valence-electron chi connectivity index (χ0n) is 15.4. The zero-order chi connectivity index (χ0) is 22.3. The van der Waals surface area contributed by atoms with Gasteiger partial charge in [-0.1, -0.05) is 0 Å². The van der Waals surface area contributed by atoms with Crippen LogP contribution < -0.4 is 0 Å². The number of imidazole rings is 1. The number of H-pyrrole nitrogens is 2. The molecule has 0 unspecified atom stereocenters. The van der Waals surface area contributed by atoms with Gasteiger partial charge in [-0.15, -0.1) is 0 Å². The fraction of sp³-hybridized carbons (Fsp3) is 0.0526. The van der Waals surface area contributed by atoms with Crippen molar-refractivity contribution in [1.82, 2.24) is 19.9 Å². The van der Waals surface area contributed by atoms with Crippen molar-refractivity contribution in [1.29, 1.82) is 0 Å². The summed E-state index contributed by atoms with van der Waals surface area (Å²) < 4.78 is 0. The van der Waals surface area contributed by atoms with Crippen molar-refractivity contribution in [3.05, 3.63) is 47.3 Å². The second kappa shape index (κ2) is 7.26. The molecule has 156 valence electrons. The Morgan fingerprint density at radius 1 is 1.10 bits per heavy atom. The maximum atomic E-state index is 11.9. The minimum absolute atomic E-state index is 0.0300. The van der Waals surface area contributed by atoms with Gasteiger partial charge in [0.15, 0.2) is 5.75 Å². The number of aromatic amines is 2. The van der Waals surface area contributed by atoms with Crippen LogP contribution in [0.3, 0.4) is 0 Å². The lowest BCUT2D eigenvalue weighted by atomic mass is 10.0. The molecule has 1 aromatic carbocycles. The highest BCUT2D eigenvalue weighted by Crippen LogP contribution is 2.43. The molecular weight excluding hydrogens is 410 g/mol. The molecule has 0 saturated carbocycles. The van der Waals surface area contributed by atoms with Gasteiger partial charge in [-0.25, -0.2) is 24.4 Å². The third-order valence-corrected chi connectivity index (χ3v) is 4.56. The Morgan fingerprint density at radius 3 is 2.48 bits per heavy atom. The maximum Gasteiger partial charge on any atom is 0.354 e. The summed E-state index contributed by atoms with van der Waals surface area (Å²) in [5.41, 5.74) is -0.977. The minimum atomic E-state index is -1.46. The first-order chi connectivity index (χ1) is 14.8. The van der Waals surface area contributed by atoms with Crippen LogP contribution in [-0.2, 0) is 6.42 Å². The summed E-state index contributed by atoms with van der Waals surface area (Å²) >= 11 is 0. The third kappa shape index (κ3) is 3.31. The van der Waals surface area contributed by atoms with Crippen LogP contribution in [0, 0.1) is 0 Å². The van der Waals surface area contributed by atoms with Crippen molar-refractivity contribution in [3.63, 3.8) is 0 Å². The molecule has 0 aliphatic carbocycles. The zero-order valence-corrected chi connectivity index (χ0v) is 15.4. The van der Waals surface area contributed by atoms with Crippen LogP contribution in [0.4, 0.5) is 5.69 Å². The molecule has 4 rings (SSSR count). The Kier molecular flexibility index (Phi) is 4.58. The van der Waals surface area contributed by atoms with E-state index >= 15 is 0 Å². The highest BCUT2D eigenvalue weighted by molar-refractivity contribution is 6.21. The van der Waals surface area contributed by atoms with Crippen molar-refractivity contribution in [2.45, 2.75) is 6.42 Å². The van der Waals surface area contributed by atoms with Crippen molar-refractivity contribution < 1.29 is 34.8 Å². The Hall–Kier alpha value is -4.74. The van der Waals surface area contributed by atoms with E-state index in [1.54, 1.807) is 6.20 Å². The van der Waals surface area contributed by atoms with Gasteiger partial charge in [0.2, 0.25) is 0 Å². The van der Waals surface area contributed by atoms with E-state index in [1.807, 2.05) is 0 Å². The van der Waals surface area contributed by atoms with E-state index in [2.05, 4.69) is 24.9 Å². The van der Waals surface area contributed by atoms with Crippen molar-refractivity contribution >= 4 is 51.6 Å². The number of fused-ring (bicyclic) bond motifs is 3. The average molecular weight is 423 g/mol. The fourth-order valence-corrected chi connectivity index (χ4v) is 3.19. The molecule has 0 aliphatic heterocycles. The van der Waals surface area contributed by atoms with Crippen LogP contribution in [-0.4, -0.2) is 64.5 Å². The smallest absolute Gasteiger partial charge is 0.354 e. The predicted octanol–water partition coefficient (Wildman–Crippen LogP) is 2.18. The first-order valence-electron chi connectivity index (χ1n) is 8.70. The summed E-state index contributed by atoms with van der Waals surface area (Å²) in [5.74, 6) is -4.74. The number of rotatable bonds is 6. The second-order valence-electron chi connectivity index (χ2n) is 6.46. The Bertz CT molecular complexity index is 1400. The van der Waals surface area contributed by atoms with Crippen LogP contribution in [0.5, 0.6) is 5.75 Å². The molecule has 31 heavy (non-hydrogen) atoms. The number of carboxylic acid groups (broad SMARTS) is 3. The van der Waals surface area contributed by atoms with Gasteiger partial charge in [0.25, 0.3) is 0 Å². The van der Waals surface area contributed by atoms with Gasteiger partial charge >= 0.3 is 17.9 Å². The molecule has 0 atom stereocenters. The summed E-state index contributed by atoms with van der Waals surface area (Å²) in [6.07, 6.45) is 4.72. The van der Waals surface area contributed by atoms with Crippen LogP contribution in [0.25, 0.3) is 21.8 Å². The standard InChI is InChI=1S/C19H13N5O7/c25-16-9-4-11(19(30)31)23-13(9)12-8(17(26)27)3-10(18(28)29)24-14(12)15(16)21-2-1-7-5-20-6-22-7/h2-6,24-25H,1H2,(H,20,22)(H,26,27)(H,28,29)(H,30,31). The molecule has 4 aromatic rings. The molecule has 0 fully saturated rings. The number of aromatic carboxylic acids is 3. The number of aromatic hydroxyl groups is 1. The van der Waals surface area contributed by atoms with Crippen molar-refractivity contribution in [3.8, 4) is 5.75 Å². The summed E-state index contributed by atoms with van der Waals surface area (Å²) in [6.45, 7) is 0. The quantitative estimate of drug-likeness (QED) is 0.251. The molecule has 6 N–H and O–H groups in total. The van der Waals surface area contributed by atoms with Gasteiger partial charge in [0.1, 0.15) is 17.1 Å². The normalized spacial score (nSPS) is 11.5. The number of aromatic nitrogens is 4. The van der Waals surface area contributed by atoms with Crippen LogP contribution in [0.2, 0.25) is 0 Å². The molecule has 0 saturated heterocycles. The number of hydrogen-bond acceptors (Lipinski definition) is 7. The number of carbonyl (C=O) groups is 3. The molecule has 0 bridgehead atoms. The van der Waals surface area contributed by atoms with Gasteiger partial charge in [-0.05, 0) is 12.1 Å². The lowest BCUT2D eigenvalue weighted by molar-refractivity contribution is 0.0678. The molecule has 3 heterocycles. The molecule has 12 heteroatoms. The number of nitrogens with one attached hydrogen (secondary N) is 2. The van der Waals surface area contributed by atoms with Gasteiger partial charge < -0.3 is 30.4 Å². The molecular formula is C19H13N5O7. The van der Waals surface area contributed by atoms with E-state index in [0.717, 1.165) is 12.1 Å². The van der Waals surface area contributed by atoms with Crippen molar-refractivity contribution in [2.24, 2.45) is 4.99 Å². The predicted molar refractivity (Wildman–Crippen MR) is 107 cm³/mol. The summed E-state index contributed by atoms with van der Waals surface area (Å²) in [6, 6.07) is 1.99. The summed E-state index contributed by atoms with van der Waals surface area (Å²) in [4.78, 5) is 52.2. The highest BCUT2D eigenvalue weighted by Gasteiger charge is 2.25. The van der Waals surface area contributed by atoms with Crippen LogP contribution >= 0.6 is 0 Å².